The highest BCUT2D eigenvalue weighted by Crippen LogP contribution is 2.37. The molecular weight excluding hydrogens is 558 g/mol. The van der Waals surface area contributed by atoms with Gasteiger partial charge in [0.25, 0.3) is 0 Å². The summed E-state index contributed by atoms with van der Waals surface area (Å²) in [4.78, 5) is 36.3. The smallest absolute Gasteiger partial charge is 0.163 e. The lowest BCUT2D eigenvalue weighted by molar-refractivity contribution is -0.115. The van der Waals surface area contributed by atoms with Gasteiger partial charge in [-0.05, 0) is 113 Å². The number of carbonyl (C=O) groups is 2. The van der Waals surface area contributed by atoms with Crippen LogP contribution in [0, 0.1) is 12.8 Å². The molecule has 240 valence electrons. The number of ether oxygens (including phenoxy) is 1. The van der Waals surface area contributed by atoms with Crippen LogP contribution >= 0.6 is 0 Å². The molecule has 2 aromatic rings. The number of anilines is 1. The second kappa shape index (κ2) is 14.8. The number of hydrogen-bond acceptors (Lipinski definition) is 6. The molecule has 2 aliphatic carbocycles. The summed E-state index contributed by atoms with van der Waals surface area (Å²) in [5.41, 5.74) is 10.1. The Kier molecular flexibility index (Phi) is 10.9. The average molecular weight is 610 g/mol. The first-order chi connectivity index (χ1) is 21.6. The summed E-state index contributed by atoms with van der Waals surface area (Å²) in [5, 5.41) is 0. The maximum absolute atomic E-state index is 13.9. The molecule has 1 aromatic heterocycles. The van der Waals surface area contributed by atoms with E-state index in [0.717, 1.165) is 108 Å². The molecule has 3 aliphatic rings. The van der Waals surface area contributed by atoms with Crippen LogP contribution in [0.15, 0.2) is 65.4 Å². The zero-order valence-electron chi connectivity index (χ0n) is 28.1. The molecule has 1 saturated heterocycles. The number of ketones is 2. The second-order valence-electron chi connectivity index (χ2n) is 13.7. The van der Waals surface area contributed by atoms with Gasteiger partial charge in [0.1, 0.15) is 0 Å². The minimum atomic E-state index is 0.0884. The molecule has 0 atom stereocenters. The van der Waals surface area contributed by atoms with E-state index in [0.29, 0.717) is 25.3 Å². The van der Waals surface area contributed by atoms with Crippen molar-refractivity contribution < 1.29 is 14.3 Å². The molecule has 0 radical (unpaired) electrons. The maximum Gasteiger partial charge on any atom is 0.163 e. The first kappa shape index (κ1) is 33.0. The van der Waals surface area contributed by atoms with E-state index in [2.05, 4.69) is 61.5 Å². The fourth-order valence-electron chi connectivity index (χ4n) is 7.42. The lowest BCUT2D eigenvalue weighted by Gasteiger charge is -2.37. The molecule has 1 saturated carbocycles. The minimum Gasteiger partial charge on any atom is -0.379 e. The highest BCUT2D eigenvalue weighted by molar-refractivity contribution is 6.03. The lowest BCUT2D eigenvalue weighted by atomic mass is 9.82. The third-order valence-electron chi connectivity index (χ3n) is 10.0. The molecule has 0 bridgehead atoms. The molecule has 0 spiro atoms. The fourth-order valence-corrected chi connectivity index (χ4v) is 7.42. The van der Waals surface area contributed by atoms with Gasteiger partial charge < -0.3 is 9.64 Å². The summed E-state index contributed by atoms with van der Waals surface area (Å²) in [6.45, 7) is 16.5. The molecule has 45 heavy (non-hydrogen) atoms. The fraction of sp³-hybridized carbons (Fsp3) is 0.513. The van der Waals surface area contributed by atoms with Gasteiger partial charge in [0.15, 0.2) is 11.6 Å². The van der Waals surface area contributed by atoms with Crippen molar-refractivity contribution in [2.24, 2.45) is 5.92 Å². The Morgan fingerprint density at radius 1 is 1.07 bits per heavy atom. The zero-order valence-corrected chi connectivity index (χ0v) is 28.1. The van der Waals surface area contributed by atoms with Crippen LogP contribution in [0.25, 0.3) is 11.1 Å². The minimum absolute atomic E-state index is 0.0884. The summed E-state index contributed by atoms with van der Waals surface area (Å²) in [6, 6.07) is 8.97. The van der Waals surface area contributed by atoms with Crippen molar-refractivity contribution in [1.82, 2.24) is 9.88 Å². The first-order valence-corrected chi connectivity index (χ1v) is 16.8. The Balaban J connectivity index is 1.41. The van der Waals surface area contributed by atoms with Crippen molar-refractivity contribution in [2.75, 3.05) is 38.3 Å². The van der Waals surface area contributed by atoms with Crippen molar-refractivity contribution in [3.05, 3.63) is 82.2 Å². The summed E-state index contributed by atoms with van der Waals surface area (Å²) < 4.78 is 5.50. The predicted octanol–water partition coefficient (Wildman–Crippen LogP) is 8.05. The van der Waals surface area contributed by atoms with Crippen LogP contribution in [0.1, 0.15) is 93.8 Å². The summed E-state index contributed by atoms with van der Waals surface area (Å²) in [6.07, 6.45) is 11.1. The van der Waals surface area contributed by atoms with Crippen LogP contribution in [-0.4, -0.2) is 60.8 Å². The van der Waals surface area contributed by atoms with E-state index in [1.807, 2.05) is 26.1 Å². The molecule has 2 fully saturated rings. The van der Waals surface area contributed by atoms with Gasteiger partial charge in [0.05, 0.1) is 18.9 Å². The van der Waals surface area contributed by atoms with E-state index in [4.69, 9.17) is 9.72 Å². The van der Waals surface area contributed by atoms with Gasteiger partial charge in [-0.3, -0.25) is 19.5 Å². The SMILES string of the molecule is C=C(C)CC1CCC(N(C)c2cc(-c3ccc(CN4CCOCC4)nc3)cc(C(=O)CCC3=C(C)C=C(C)CC3=O)c2C)CC1. The average Bonchev–Trinajstić information content (AvgIpc) is 3.01. The van der Waals surface area contributed by atoms with Crippen molar-refractivity contribution in [3.63, 3.8) is 0 Å². The van der Waals surface area contributed by atoms with E-state index in [1.165, 1.54) is 18.4 Å². The topological polar surface area (TPSA) is 62.7 Å². The molecule has 0 N–H and O–H groups in total. The van der Waals surface area contributed by atoms with Crippen molar-refractivity contribution in [1.29, 1.82) is 0 Å². The zero-order chi connectivity index (χ0) is 32.1. The van der Waals surface area contributed by atoms with Gasteiger partial charge in [-0.1, -0.05) is 23.3 Å². The largest absolute Gasteiger partial charge is 0.379 e. The lowest BCUT2D eigenvalue weighted by Crippen LogP contribution is -2.36. The highest BCUT2D eigenvalue weighted by atomic mass is 16.5. The Hall–Kier alpha value is -3.35. The summed E-state index contributed by atoms with van der Waals surface area (Å²) in [7, 11) is 2.19. The van der Waals surface area contributed by atoms with Crippen LogP contribution in [-0.2, 0) is 16.1 Å². The van der Waals surface area contributed by atoms with Gasteiger partial charge in [-0.2, -0.15) is 0 Å². The predicted molar refractivity (Wildman–Crippen MR) is 184 cm³/mol. The van der Waals surface area contributed by atoms with E-state index < -0.39 is 0 Å². The Labute approximate surface area is 270 Å². The van der Waals surface area contributed by atoms with Crippen LogP contribution in [0.4, 0.5) is 5.69 Å². The number of benzene rings is 1. The quantitative estimate of drug-likeness (QED) is 0.190. The number of allylic oxidation sites excluding steroid dienone is 5. The van der Waals surface area contributed by atoms with Gasteiger partial charge >= 0.3 is 0 Å². The molecule has 6 nitrogen and oxygen atoms in total. The van der Waals surface area contributed by atoms with Crippen molar-refractivity contribution in [2.45, 2.75) is 91.6 Å². The number of hydrogen-bond donors (Lipinski definition) is 0. The Bertz CT molecular complexity index is 1470. The van der Waals surface area contributed by atoms with Crippen LogP contribution < -0.4 is 4.90 Å². The number of morpholine rings is 1. The number of rotatable bonds is 11. The first-order valence-electron chi connectivity index (χ1n) is 16.8. The molecule has 1 aromatic carbocycles. The molecule has 2 heterocycles. The molecule has 0 amide bonds. The Morgan fingerprint density at radius 2 is 1.80 bits per heavy atom. The van der Waals surface area contributed by atoms with Gasteiger partial charge in [-0.25, -0.2) is 0 Å². The number of aromatic nitrogens is 1. The summed E-state index contributed by atoms with van der Waals surface area (Å²) >= 11 is 0. The number of pyridine rings is 1. The monoisotopic (exact) mass is 609 g/mol. The summed E-state index contributed by atoms with van der Waals surface area (Å²) in [5.74, 6) is 0.958. The van der Waals surface area contributed by atoms with Gasteiger partial charge in [0, 0.05) is 68.6 Å². The molecule has 1 aliphatic heterocycles. The number of Topliss-reactive ketones (excluding diaryl/α,β-unsaturated/α-hetero) is 2. The number of carbonyl (C=O) groups excluding carboxylic acids is 2. The standard InChI is InChI=1S/C39H51N3O3/c1-26(2)19-30-7-11-34(12-8-30)41(6)37-23-32(31-9-10-33(40-24-31)25-42-15-17-45-18-16-42)22-36(29(37)5)38(43)14-13-35-28(4)20-27(3)21-39(35)44/h9-10,20,22-24,30,34H,1,7-8,11-19,21,25H2,2-6H3. The number of nitrogens with zero attached hydrogens (tertiary/aromatic N) is 3. The van der Waals surface area contributed by atoms with Crippen LogP contribution in [0.3, 0.4) is 0 Å². The van der Waals surface area contributed by atoms with E-state index in [9.17, 15) is 9.59 Å². The Morgan fingerprint density at radius 3 is 2.44 bits per heavy atom. The molecule has 6 heteroatoms. The maximum atomic E-state index is 13.9. The van der Waals surface area contributed by atoms with Gasteiger partial charge in [-0.15, -0.1) is 6.58 Å². The van der Waals surface area contributed by atoms with E-state index in [-0.39, 0.29) is 11.6 Å². The molecule has 5 rings (SSSR count). The van der Waals surface area contributed by atoms with Crippen molar-refractivity contribution in [3.8, 4) is 11.1 Å². The third kappa shape index (κ3) is 8.28. The van der Waals surface area contributed by atoms with Crippen molar-refractivity contribution >= 4 is 17.3 Å². The highest BCUT2D eigenvalue weighted by Gasteiger charge is 2.27. The van der Waals surface area contributed by atoms with Crippen LogP contribution in [0.5, 0.6) is 0 Å². The molecular formula is C39H51N3O3. The van der Waals surface area contributed by atoms with E-state index in [1.54, 1.807) is 0 Å². The normalized spacial score (nSPS) is 21.1. The van der Waals surface area contributed by atoms with Gasteiger partial charge in [0.2, 0.25) is 0 Å². The molecule has 0 unspecified atom stereocenters. The van der Waals surface area contributed by atoms with Crippen LogP contribution in [0.2, 0.25) is 0 Å². The second-order valence-corrected chi connectivity index (χ2v) is 13.7. The van der Waals surface area contributed by atoms with E-state index >= 15 is 0 Å². The third-order valence-corrected chi connectivity index (χ3v) is 10.0.